The Morgan fingerprint density at radius 1 is 0.914 bits per heavy atom. The van der Waals surface area contributed by atoms with Crippen LogP contribution in [-0.2, 0) is 11.3 Å². The fourth-order valence-electron chi connectivity index (χ4n) is 5.11. The van der Waals surface area contributed by atoms with E-state index in [0.29, 0.717) is 6.54 Å². The van der Waals surface area contributed by atoms with Gasteiger partial charge in [-0.15, -0.1) is 10.2 Å². The lowest BCUT2D eigenvalue weighted by molar-refractivity contribution is -0.137. The van der Waals surface area contributed by atoms with Crippen LogP contribution in [0.1, 0.15) is 18.4 Å². The number of amides is 1. The van der Waals surface area contributed by atoms with Gasteiger partial charge in [-0.3, -0.25) is 9.69 Å². The number of hydrogen-bond donors (Lipinski definition) is 0. The van der Waals surface area contributed by atoms with Crippen molar-refractivity contribution in [2.45, 2.75) is 19.4 Å². The number of piperidine rings is 1. The number of ether oxygens (including phenoxy) is 1. The van der Waals surface area contributed by atoms with E-state index in [1.54, 1.807) is 7.11 Å². The van der Waals surface area contributed by atoms with Gasteiger partial charge in [-0.2, -0.15) is 0 Å². The van der Waals surface area contributed by atoms with Crippen LogP contribution in [0.25, 0.3) is 11.3 Å². The number of aromatic nitrogens is 2. The number of nitrogens with zero attached hydrogens (tertiary/aromatic N) is 5. The van der Waals surface area contributed by atoms with Gasteiger partial charge < -0.3 is 14.5 Å². The van der Waals surface area contributed by atoms with Gasteiger partial charge in [0.05, 0.1) is 18.7 Å². The quantitative estimate of drug-likeness (QED) is 0.546. The Morgan fingerprint density at radius 2 is 1.69 bits per heavy atom. The third kappa shape index (κ3) is 5.46. The summed E-state index contributed by atoms with van der Waals surface area (Å²) in [6, 6.07) is 22.4. The van der Waals surface area contributed by atoms with Gasteiger partial charge in [0.2, 0.25) is 5.91 Å². The molecule has 2 fully saturated rings. The highest BCUT2D eigenvalue weighted by molar-refractivity contribution is 5.80. The van der Waals surface area contributed by atoms with Crippen molar-refractivity contribution in [3.05, 3.63) is 72.3 Å². The number of anilines is 1. The van der Waals surface area contributed by atoms with Crippen molar-refractivity contribution in [1.29, 1.82) is 0 Å². The molecule has 0 saturated carbocycles. The minimum atomic E-state index is 0.0140. The monoisotopic (exact) mass is 471 g/mol. The van der Waals surface area contributed by atoms with Gasteiger partial charge in [0, 0.05) is 51.4 Å². The van der Waals surface area contributed by atoms with Gasteiger partial charge in [-0.25, -0.2) is 0 Å². The first-order chi connectivity index (χ1) is 17.2. The summed E-state index contributed by atoms with van der Waals surface area (Å²) in [4.78, 5) is 20.0. The maximum atomic E-state index is 13.3. The fraction of sp³-hybridized carbons (Fsp3) is 0.393. The van der Waals surface area contributed by atoms with Gasteiger partial charge in [0.1, 0.15) is 5.75 Å². The Hall–Kier alpha value is -3.45. The van der Waals surface area contributed by atoms with E-state index in [9.17, 15) is 4.79 Å². The zero-order valence-electron chi connectivity index (χ0n) is 20.3. The molecule has 5 rings (SSSR count). The van der Waals surface area contributed by atoms with E-state index >= 15 is 0 Å². The molecule has 3 aromatic rings. The summed E-state index contributed by atoms with van der Waals surface area (Å²) in [5, 5.41) is 8.96. The lowest BCUT2D eigenvalue weighted by Crippen LogP contribution is -2.52. The van der Waals surface area contributed by atoms with Crippen molar-refractivity contribution in [3.8, 4) is 17.0 Å². The minimum absolute atomic E-state index is 0.0140. The summed E-state index contributed by atoms with van der Waals surface area (Å²) in [6.45, 7) is 6.00. The number of carbonyl (C=O) groups excluding carboxylic acids is 1. The Morgan fingerprint density at radius 3 is 2.43 bits per heavy atom. The smallest absolute Gasteiger partial charge is 0.227 e. The van der Waals surface area contributed by atoms with Gasteiger partial charge in [0.25, 0.3) is 0 Å². The molecule has 3 heterocycles. The van der Waals surface area contributed by atoms with E-state index in [1.807, 2.05) is 42.5 Å². The molecule has 7 nitrogen and oxygen atoms in total. The van der Waals surface area contributed by atoms with Crippen molar-refractivity contribution in [2.75, 3.05) is 51.3 Å². The molecule has 35 heavy (non-hydrogen) atoms. The first kappa shape index (κ1) is 23.3. The summed E-state index contributed by atoms with van der Waals surface area (Å²) in [7, 11) is 1.66. The molecule has 1 atom stereocenters. The number of rotatable bonds is 6. The highest BCUT2D eigenvalue weighted by Gasteiger charge is 2.31. The average Bonchev–Trinajstić information content (AvgIpc) is 2.94. The van der Waals surface area contributed by atoms with Crippen LogP contribution < -0.4 is 9.64 Å². The summed E-state index contributed by atoms with van der Waals surface area (Å²) in [6.07, 6.45) is 1.92. The topological polar surface area (TPSA) is 61.8 Å². The van der Waals surface area contributed by atoms with Crippen LogP contribution in [0.15, 0.2) is 66.7 Å². The summed E-state index contributed by atoms with van der Waals surface area (Å²) in [5.74, 6) is 1.91. The van der Waals surface area contributed by atoms with Gasteiger partial charge in [-0.05, 0) is 42.7 Å². The van der Waals surface area contributed by atoms with Crippen molar-refractivity contribution < 1.29 is 9.53 Å². The van der Waals surface area contributed by atoms with Crippen LogP contribution in [0, 0.1) is 5.92 Å². The molecular formula is C28H33N5O2. The number of benzene rings is 2. The zero-order valence-corrected chi connectivity index (χ0v) is 20.3. The van der Waals surface area contributed by atoms with Crippen molar-refractivity contribution in [3.63, 3.8) is 0 Å². The maximum absolute atomic E-state index is 13.3. The molecule has 7 heteroatoms. The third-order valence-electron chi connectivity index (χ3n) is 7.06. The summed E-state index contributed by atoms with van der Waals surface area (Å²) < 4.78 is 5.46. The highest BCUT2D eigenvalue weighted by atomic mass is 16.5. The lowest BCUT2D eigenvalue weighted by Gasteiger charge is -2.39. The van der Waals surface area contributed by atoms with E-state index in [1.165, 1.54) is 5.56 Å². The molecular weight excluding hydrogens is 438 g/mol. The molecule has 2 saturated heterocycles. The largest absolute Gasteiger partial charge is 0.496 e. The summed E-state index contributed by atoms with van der Waals surface area (Å²) >= 11 is 0. The van der Waals surface area contributed by atoms with Gasteiger partial charge >= 0.3 is 0 Å². The molecule has 0 radical (unpaired) electrons. The Balaban J connectivity index is 1.17. The van der Waals surface area contributed by atoms with Gasteiger partial charge in [-0.1, -0.05) is 42.5 Å². The lowest BCUT2D eigenvalue weighted by atomic mass is 9.96. The predicted molar refractivity (Wildman–Crippen MR) is 137 cm³/mol. The molecule has 2 aromatic carbocycles. The van der Waals surface area contributed by atoms with E-state index in [0.717, 1.165) is 74.9 Å². The molecule has 1 unspecified atom stereocenters. The average molecular weight is 472 g/mol. The van der Waals surface area contributed by atoms with Crippen LogP contribution in [0.4, 0.5) is 5.82 Å². The molecule has 0 bridgehead atoms. The predicted octanol–water partition coefficient (Wildman–Crippen LogP) is 3.71. The van der Waals surface area contributed by atoms with Crippen molar-refractivity contribution in [2.24, 2.45) is 5.92 Å². The number of para-hydroxylation sites is 1. The van der Waals surface area contributed by atoms with E-state index < -0.39 is 0 Å². The first-order valence-electron chi connectivity index (χ1n) is 12.5. The first-order valence-corrected chi connectivity index (χ1v) is 12.5. The van der Waals surface area contributed by atoms with E-state index in [2.05, 4.69) is 49.2 Å². The van der Waals surface area contributed by atoms with E-state index in [-0.39, 0.29) is 11.8 Å². The standard InChI is InChI=1S/C28H33N5O2/c1-35-26-12-6-5-11-24(26)25-13-14-27(30-29-25)33-15-7-10-23(21-33)28(34)32-18-16-31(17-19-32)20-22-8-3-2-4-9-22/h2-6,8-9,11-14,23H,7,10,15-21H2,1H3. The van der Waals surface area contributed by atoms with Crippen LogP contribution in [0.2, 0.25) is 0 Å². The molecule has 0 aliphatic carbocycles. The SMILES string of the molecule is COc1ccccc1-c1ccc(N2CCCC(C(=O)N3CCN(Cc4ccccc4)CC3)C2)nn1. The Labute approximate surface area is 207 Å². The minimum Gasteiger partial charge on any atom is -0.496 e. The summed E-state index contributed by atoms with van der Waals surface area (Å²) in [5.41, 5.74) is 3.03. The molecule has 0 N–H and O–H groups in total. The van der Waals surface area contributed by atoms with E-state index in [4.69, 9.17) is 4.74 Å². The molecule has 2 aliphatic rings. The normalized spacial score (nSPS) is 18.9. The molecule has 2 aliphatic heterocycles. The molecule has 182 valence electrons. The van der Waals surface area contributed by atoms with Crippen molar-refractivity contribution in [1.82, 2.24) is 20.0 Å². The second-order valence-corrected chi connectivity index (χ2v) is 9.35. The highest BCUT2D eigenvalue weighted by Crippen LogP contribution is 2.29. The van der Waals surface area contributed by atoms with Crippen LogP contribution >= 0.6 is 0 Å². The van der Waals surface area contributed by atoms with Crippen LogP contribution in [0.5, 0.6) is 5.75 Å². The fourth-order valence-corrected chi connectivity index (χ4v) is 5.11. The van der Waals surface area contributed by atoms with Crippen LogP contribution in [0.3, 0.4) is 0 Å². The maximum Gasteiger partial charge on any atom is 0.227 e. The number of carbonyl (C=O) groups is 1. The second kappa shape index (κ2) is 10.9. The van der Waals surface area contributed by atoms with Crippen LogP contribution in [-0.4, -0.2) is 72.3 Å². The number of hydrogen-bond acceptors (Lipinski definition) is 6. The number of methoxy groups -OCH3 is 1. The number of piperazine rings is 1. The molecule has 0 spiro atoms. The van der Waals surface area contributed by atoms with Gasteiger partial charge in [0.15, 0.2) is 5.82 Å². The zero-order chi connectivity index (χ0) is 24.0. The second-order valence-electron chi connectivity index (χ2n) is 9.35. The third-order valence-corrected chi connectivity index (χ3v) is 7.06. The molecule has 1 aromatic heterocycles. The molecule has 1 amide bonds. The van der Waals surface area contributed by atoms with Crippen molar-refractivity contribution >= 4 is 11.7 Å². The Bertz CT molecular complexity index is 1110. The Kier molecular flexibility index (Phi) is 7.23.